The number of nitrogens with zero attached hydrogens (tertiary/aromatic N) is 1. The minimum absolute atomic E-state index is 0.127. The highest BCUT2D eigenvalue weighted by atomic mass is 32.2. The van der Waals surface area contributed by atoms with E-state index >= 15 is 0 Å². The van der Waals surface area contributed by atoms with Gasteiger partial charge in [0.15, 0.2) is 0 Å². The minimum atomic E-state index is -3.52. The molecule has 7 heteroatoms. The van der Waals surface area contributed by atoms with Crippen molar-refractivity contribution >= 4 is 16.0 Å². The third kappa shape index (κ3) is 3.00. The van der Waals surface area contributed by atoms with Crippen molar-refractivity contribution in [2.24, 2.45) is 0 Å². The Hall–Kier alpha value is -2.25. The summed E-state index contributed by atoms with van der Waals surface area (Å²) < 4.78 is 38.4. The molecule has 0 fully saturated rings. The molecule has 2 aromatic rings. The fourth-order valence-electron chi connectivity index (χ4n) is 1.90. The highest BCUT2D eigenvalue weighted by Gasteiger charge is 2.17. The smallest absolute Gasteiger partial charge is 0.338 e. The monoisotopic (exact) mass is 323 g/mol. The number of hydrogen-bond acceptors (Lipinski definition) is 3. The van der Waals surface area contributed by atoms with Crippen molar-refractivity contribution in [1.29, 1.82) is 0 Å². The summed E-state index contributed by atoms with van der Waals surface area (Å²) in [5.74, 6) is -2.17. The van der Waals surface area contributed by atoms with Gasteiger partial charge in [0, 0.05) is 14.1 Å². The number of halogens is 1. The third-order valence-electron chi connectivity index (χ3n) is 3.16. The predicted molar refractivity (Wildman–Crippen MR) is 79.7 cm³/mol. The molecular weight excluding hydrogens is 309 g/mol. The Morgan fingerprint density at radius 1 is 1.05 bits per heavy atom. The van der Waals surface area contributed by atoms with Crippen molar-refractivity contribution in [3.63, 3.8) is 0 Å². The molecule has 0 aromatic heterocycles. The summed E-state index contributed by atoms with van der Waals surface area (Å²) in [6.07, 6.45) is 0. The van der Waals surface area contributed by atoms with E-state index in [0.29, 0.717) is 11.1 Å². The molecule has 1 N–H and O–H groups in total. The Morgan fingerprint density at radius 3 is 2.09 bits per heavy atom. The molecule has 0 aliphatic carbocycles. The van der Waals surface area contributed by atoms with Crippen molar-refractivity contribution in [3.8, 4) is 11.1 Å². The van der Waals surface area contributed by atoms with Crippen LogP contribution in [0.1, 0.15) is 10.4 Å². The number of carboxylic acids is 1. The average molecular weight is 323 g/mol. The Kier molecular flexibility index (Phi) is 4.30. The quantitative estimate of drug-likeness (QED) is 0.938. The van der Waals surface area contributed by atoms with Crippen LogP contribution < -0.4 is 0 Å². The molecular formula is C15H14FNO4S. The molecule has 0 radical (unpaired) electrons. The zero-order valence-electron chi connectivity index (χ0n) is 11.9. The maximum atomic E-state index is 13.4. The van der Waals surface area contributed by atoms with Crippen LogP contribution in [0.15, 0.2) is 47.4 Å². The Bertz CT molecular complexity index is 814. The molecule has 0 aliphatic heterocycles. The maximum absolute atomic E-state index is 13.4. The van der Waals surface area contributed by atoms with Crippen LogP contribution in [-0.4, -0.2) is 37.9 Å². The van der Waals surface area contributed by atoms with Crippen LogP contribution >= 0.6 is 0 Å². The summed E-state index contributed by atoms with van der Waals surface area (Å²) in [7, 11) is -0.659. The minimum Gasteiger partial charge on any atom is -0.478 e. The van der Waals surface area contributed by atoms with Crippen LogP contribution in [0.25, 0.3) is 11.1 Å². The van der Waals surface area contributed by atoms with Gasteiger partial charge in [-0.05, 0) is 35.4 Å². The van der Waals surface area contributed by atoms with Crippen LogP contribution in [0.3, 0.4) is 0 Å². The maximum Gasteiger partial charge on any atom is 0.338 e. The molecule has 0 saturated heterocycles. The van der Waals surface area contributed by atoms with E-state index in [-0.39, 0.29) is 4.90 Å². The second-order valence-electron chi connectivity index (χ2n) is 4.81. The van der Waals surface area contributed by atoms with E-state index in [9.17, 15) is 17.6 Å². The molecule has 22 heavy (non-hydrogen) atoms. The highest BCUT2D eigenvalue weighted by molar-refractivity contribution is 7.89. The number of sulfonamides is 1. The first-order valence-corrected chi connectivity index (χ1v) is 7.73. The fourth-order valence-corrected chi connectivity index (χ4v) is 2.80. The number of hydrogen-bond donors (Lipinski definition) is 1. The summed E-state index contributed by atoms with van der Waals surface area (Å²) >= 11 is 0. The molecule has 0 unspecified atom stereocenters. The van der Waals surface area contributed by atoms with E-state index < -0.39 is 27.4 Å². The predicted octanol–water partition coefficient (Wildman–Crippen LogP) is 2.44. The number of carboxylic acid groups (broad SMARTS) is 1. The summed E-state index contributed by atoms with van der Waals surface area (Å²) in [5, 5.41) is 8.92. The lowest BCUT2D eigenvalue weighted by molar-refractivity contribution is 0.0692. The largest absolute Gasteiger partial charge is 0.478 e. The molecule has 0 bridgehead atoms. The van der Waals surface area contributed by atoms with Crippen molar-refractivity contribution < 1.29 is 22.7 Å². The highest BCUT2D eigenvalue weighted by Crippen LogP contribution is 2.24. The van der Waals surface area contributed by atoms with Gasteiger partial charge in [0.2, 0.25) is 10.0 Å². The summed E-state index contributed by atoms with van der Waals surface area (Å²) in [6, 6.07) is 9.68. The van der Waals surface area contributed by atoms with Crippen molar-refractivity contribution in [2.45, 2.75) is 4.90 Å². The van der Waals surface area contributed by atoms with Crippen LogP contribution in [0.4, 0.5) is 4.39 Å². The fraction of sp³-hybridized carbons (Fsp3) is 0.133. The third-order valence-corrected chi connectivity index (χ3v) is 4.99. The topological polar surface area (TPSA) is 74.7 Å². The second kappa shape index (κ2) is 5.86. The second-order valence-corrected chi connectivity index (χ2v) is 6.96. The molecule has 5 nitrogen and oxygen atoms in total. The lowest BCUT2D eigenvalue weighted by Gasteiger charge is -2.12. The Balaban J connectivity index is 2.44. The molecule has 0 amide bonds. The first-order valence-electron chi connectivity index (χ1n) is 6.29. The number of benzene rings is 2. The molecule has 0 saturated carbocycles. The van der Waals surface area contributed by atoms with Crippen LogP contribution in [0.2, 0.25) is 0 Å². The lowest BCUT2D eigenvalue weighted by atomic mass is 10.0. The first-order chi connectivity index (χ1) is 10.2. The van der Waals surface area contributed by atoms with E-state index in [1.165, 1.54) is 38.4 Å². The lowest BCUT2D eigenvalue weighted by Crippen LogP contribution is -2.22. The number of aromatic carboxylic acids is 1. The molecule has 0 atom stereocenters. The summed E-state index contributed by atoms with van der Waals surface area (Å²) in [5.41, 5.74) is 0.662. The van der Waals surface area contributed by atoms with Crippen molar-refractivity contribution in [3.05, 3.63) is 53.8 Å². The van der Waals surface area contributed by atoms with Gasteiger partial charge in [0.05, 0.1) is 10.5 Å². The van der Waals surface area contributed by atoms with Crippen molar-refractivity contribution in [2.75, 3.05) is 14.1 Å². The van der Waals surface area contributed by atoms with E-state index in [4.69, 9.17) is 5.11 Å². The van der Waals surface area contributed by atoms with E-state index in [1.807, 2.05) is 0 Å². The SMILES string of the molecule is CN(C)S(=O)(=O)c1ccc(-c2ccc(F)c(C(=O)O)c2)cc1. The first kappa shape index (κ1) is 16.1. The zero-order valence-corrected chi connectivity index (χ0v) is 12.8. The van der Waals surface area contributed by atoms with Gasteiger partial charge in [-0.25, -0.2) is 21.9 Å². The molecule has 0 spiro atoms. The normalized spacial score (nSPS) is 11.6. The van der Waals surface area contributed by atoms with E-state index in [2.05, 4.69) is 0 Å². The standard InChI is InChI=1S/C15H14FNO4S/c1-17(2)22(20,21)12-6-3-10(4-7-12)11-5-8-14(16)13(9-11)15(18)19/h3-9H,1-2H3,(H,18,19). The average Bonchev–Trinajstić information content (AvgIpc) is 2.47. The van der Waals surface area contributed by atoms with Crippen LogP contribution in [0, 0.1) is 5.82 Å². The molecule has 2 rings (SSSR count). The summed E-state index contributed by atoms with van der Waals surface area (Å²) in [4.78, 5) is 11.1. The van der Waals surface area contributed by atoms with Gasteiger partial charge in [-0.2, -0.15) is 0 Å². The van der Waals surface area contributed by atoms with Gasteiger partial charge < -0.3 is 5.11 Å². The van der Waals surface area contributed by atoms with E-state index in [0.717, 1.165) is 10.4 Å². The summed E-state index contributed by atoms with van der Waals surface area (Å²) in [6.45, 7) is 0. The van der Waals surface area contributed by atoms with Gasteiger partial charge in [-0.15, -0.1) is 0 Å². The molecule has 116 valence electrons. The van der Waals surface area contributed by atoms with Crippen molar-refractivity contribution in [1.82, 2.24) is 4.31 Å². The molecule has 0 aliphatic rings. The van der Waals surface area contributed by atoms with Gasteiger partial charge in [-0.3, -0.25) is 0 Å². The van der Waals surface area contributed by atoms with E-state index in [1.54, 1.807) is 12.1 Å². The number of rotatable bonds is 4. The van der Waals surface area contributed by atoms with Gasteiger partial charge in [0.1, 0.15) is 5.82 Å². The van der Waals surface area contributed by atoms with Gasteiger partial charge in [0.25, 0.3) is 0 Å². The number of carbonyl (C=O) groups is 1. The van der Waals surface area contributed by atoms with Gasteiger partial charge >= 0.3 is 5.97 Å². The molecule has 0 heterocycles. The Labute approximate surface area is 127 Å². The Morgan fingerprint density at radius 2 is 1.59 bits per heavy atom. The van der Waals surface area contributed by atoms with Crippen LogP contribution in [-0.2, 0) is 10.0 Å². The van der Waals surface area contributed by atoms with Crippen LogP contribution in [0.5, 0.6) is 0 Å². The molecule has 2 aromatic carbocycles. The van der Waals surface area contributed by atoms with Gasteiger partial charge in [-0.1, -0.05) is 18.2 Å². The zero-order chi connectivity index (χ0) is 16.5.